The second kappa shape index (κ2) is 6.19. The maximum Gasteiger partial charge on any atom is 0.412 e. The summed E-state index contributed by atoms with van der Waals surface area (Å²) in [6, 6.07) is 10.9. The van der Waals surface area contributed by atoms with Crippen LogP contribution in [0.3, 0.4) is 0 Å². The molecule has 0 fully saturated rings. The molecule has 0 unspecified atom stereocenters. The second-order valence-corrected chi connectivity index (χ2v) is 6.70. The number of thiophene rings is 1. The van der Waals surface area contributed by atoms with Crippen molar-refractivity contribution in [2.45, 2.75) is 26.4 Å². The lowest BCUT2D eigenvalue weighted by molar-refractivity contribution is 0.0636. The largest absolute Gasteiger partial charge is 0.478 e. The van der Waals surface area contributed by atoms with Gasteiger partial charge in [-0.15, -0.1) is 11.3 Å². The Kier molecular flexibility index (Phi) is 4.51. The van der Waals surface area contributed by atoms with Crippen molar-refractivity contribution in [2.24, 2.45) is 0 Å². The van der Waals surface area contributed by atoms with Crippen molar-refractivity contribution in [1.29, 1.82) is 0 Å². The normalized spacial score (nSPS) is 11.0. The first-order chi connectivity index (χ1) is 10.3. The predicted molar refractivity (Wildman–Crippen MR) is 86.6 cm³/mol. The number of hydrogen-bond acceptors (Lipinski definition) is 4. The number of carboxylic acids is 1. The van der Waals surface area contributed by atoms with Gasteiger partial charge in [0, 0.05) is 4.88 Å². The maximum absolute atomic E-state index is 11.8. The molecule has 0 aliphatic carbocycles. The third-order valence-electron chi connectivity index (χ3n) is 2.64. The molecule has 22 heavy (non-hydrogen) atoms. The van der Waals surface area contributed by atoms with Crippen LogP contribution in [0.2, 0.25) is 0 Å². The van der Waals surface area contributed by atoms with Crippen molar-refractivity contribution in [1.82, 2.24) is 0 Å². The molecule has 0 bridgehead atoms. The van der Waals surface area contributed by atoms with Crippen LogP contribution < -0.4 is 5.32 Å². The highest BCUT2D eigenvalue weighted by atomic mass is 32.1. The molecule has 0 aliphatic heterocycles. The molecule has 0 spiro atoms. The lowest BCUT2D eigenvalue weighted by Gasteiger charge is -2.19. The number of hydrogen-bond donors (Lipinski definition) is 2. The standard InChI is InChI=1S/C16H17NO4S/c1-16(2,3)21-15(20)17-13-11(14(18)19)9-12(22-13)10-7-5-4-6-8-10/h4-9H,1-3H3,(H,17,20)(H,18,19). The van der Waals surface area contributed by atoms with Crippen LogP contribution in [-0.2, 0) is 4.74 Å². The van der Waals surface area contributed by atoms with Gasteiger partial charge in [-0.2, -0.15) is 0 Å². The molecular formula is C16H17NO4S. The van der Waals surface area contributed by atoms with E-state index in [9.17, 15) is 14.7 Å². The molecule has 0 saturated heterocycles. The van der Waals surface area contributed by atoms with E-state index in [2.05, 4.69) is 5.32 Å². The molecule has 0 radical (unpaired) electrons. The van der Waals surface area contributed by atoms with E-state index in [1.165, 1.54) is 11.3 Å². The molecule has 0 atom stereocenters. The van der Waals surface area contributed by atoms with Gasteiger partial charge >= 0.3 is 12.1 Å². The summed E-state index contributed by atoms with van der Waals surface area (Å²) in [4.78, 5) is 23.9. The second-order valence-electron chi connectivity index (χ2n) is 5.65. The van der Waals surface area contributed by atoms with E-state index in [0.29, 0.717) is 0 Å². The number of carbonyl (C=O) groups is 2. The molecule has 2 rings (SSSR count). The number of carboxylic acid groups (broad SMARTS) is 1. The molecular weight excluding hydrogens is 302 g/mol. The molecule has 0 aliphatic rings. The Morgan fingerprint density at radius 1 is 1.18 bits per heavy atom. The van der Waals surface area contributed by atoms with Crippen LogP contribution >= 0.6 is 11.3 Å². The van der Waals surface area contributed by atoms with E-state index >= 15 is 0 Å². The summed E-state index contributed by atoms with van der Waals surface area (Å²) < 4.78 is 5.16. The summed E-state index contributed by atoms with van der Waals surface area (Å²) in [6.45, 7) is 5.23. The van der Waals surface area contributed by atoms with Gasteiger partial charge in [-0.05, 0) is 32.4 Å². The smallest absolute Gasteiger partial charge is 0.412 e. The third-order valence-corrected chi connectivity index (χ3v) is 3.73. The number of aromatic carboxylic acids is 1. The van der Waals surface area contributed by atoms with Gasteiger partial charge in [0.05, 0.1) is 5.56 Å². The molecule has 1 amide bonds. The number of benzene rings is 1. The van der Waals surface area contributed by atoms with Gasteiger partial charge in [-0.3, -0.25) is 5.32 Å². The molecule has 1 aromatic carbocycles. The Labute approximate surface area is 132 Å². The Balaban J connectivity index is 2.29. The molecule has 6 heteroatoms. The van der Waals surface area contributed by atoms with Crippen molar-refractivity contribution in [3.8, 4) is 10.4 Å². The highest BCUT2D eigenvalue weighted by Gasteiger charge is 2.21. The first-order valence-corrected chi connectivity index (χ1v) is 7.50. The van der Waals surface area contributed by atoms with E-state index in [1.807, 2.05) is 30.3 Å². The predicted octanol–water partition coefficient (Wildman–Crippen LogP) is 4.46. The van der Waals surface area contributed by atoms with Gasteiger partial charge in [-0.1, -0.05) is 30.3 Å². The van der Waals surface area contributed by atoms with Crippen molar-refractivity contribution < 1.29 is 19.4 Å². The summed E-state index contributed by atoms with van der Waals surface area (Å²) >= 11 is 1.20. The fourth-order valence-corrected chi connectivity index (χ4v) is 2.82. The first-order valence-electron chi connectivity index (χ1n) is 6.69. The molecule has 0 saturated carbocycles. The van der Waals surface area contributed by atoms with Gasteiger partial charge < -0.3 is 9.84 Å². The number of ether oxygens (including phenoxy) is 1. The summed E-state index contributed by atoms with van der Waals surface area (Å²) in [5, 5.41) is 12.1. The zero-order valence-corrected chi connectivity index (χ0v) is 13.4. The lowest BCUT2D eigenvalue weighted by Crippen LogP contribution is -2.27. The fourth-order valence-electron chi connectivity index (χ4n) is 1.78. The van der Waals surface area contributed by atoms with Gasteiger partial charge in [0.1, 0.15) is 10.6 Å². The zero-order chi connectivity index (χ0) is 16.3. The minimum absolute atomic E-state index is 0.0507. The Bertz CT molecular complexity index is 686. The van der Waals surface area contributed by atoms with Crippen LogP contribution in [-0.4, -0.2) is 22.8 Å². The fraction of sp³-hybridized carbons (Fsp3) is 0.250. The minimum Gasteiger partial charge on any atom is -0.478 e. The summed E-state index contributed by atoms with van der Waals surface area (Å²) in [7, 11) is 0. The number of nitrogens with one attached hydrogen (secondary N) is 1. The van der Waals surface area contributed by atoms with Crippen molar-refractivity contribution >= 4 is 28.4 Å². The van der Waals surface area contributed by atoms with Crippen LogP contribution in [0.25, 0.3) is 10.4 Å². The van der Waals surface area contributed by atoms with Gasteiger partial charge in [0.15, 0.2) is 0 Å². The maximum atomic E-state index is 11.8. The monoisotopic (exact) mass is 319 g/mol. The van der Waals surface area contributed by atoms with E-state index < -0.39 is 17.7 Å². The molecule has 1 aromatic heterocycles. The number of anilines is 1. The van der Waals surface area contributed by atoms with Gasteiger partial charge in [0.2, 0.25) is 0 Å². The third kappa shape index (κ3) is 4.08. The Morgan fingerprint density at radius 3 is 2.36 bits per heavy atom. The number of rotatable bonds is 3. The van der Waals surface area contributed by atoms with Crippen LogP contribution in [0.5, 0.6) is 0 Å². The molecule has 5 nitrogen and oxygen atoms in total. The van der Waals surface area contributed by atoms with Crippen LogP contribution in [0.1, 0.15) is 31.1 Å². The summed E-state index contributed by atoms with van der Waals surface area (Å²) in [5.74, 6) is -1.09. The molecule has 2 N–H and O–H groups in total. The lowest BCUT2D eigenvalue weighted by atomic mass is 10.1. The topological polar surface area (TPSA) is 75.6 Å². The van der Waals surface area contributed by atoms with Gasteiger partial charge in [-0.25, -0.2) is 9.59 Å². The summed E-state index contributed by atoms with van der Waals surface area (Å²) in [5.41, 5.74) is 0.300. The number of amides is 1. The van der Waals surface area contributed by atoms with Crippen LogP contribution in [0, 0.1) is 0 Å². The van der Waals surface area contributed by atoms with Crippen LogP contribution in [0.15, 0.2) is 36.4 Å². The van der Waals surface area contributed by atoms with Crippen LogP contribution in [0.4, 0.5) is 9.80 Å². The zero-order valence-electron chi connectivity index (χ0n) is 12.5. The van der Waals surface area contributed by atoms with E-state index in [1.54, 1.807) is 26.8 Å². The highest BCUT2D eigenvalue weighted by Crippen LogP contribution is 2.35. The first kappa shape index (κ1) is 16.0. The highest BCUT2D eigenvalue weighted by molar-refractivity contribution is 7.20. The van der Waals surface area contributed by atoms with Crippen molar-refractivity contribution in [2.75, 3.05) is 5.32 Å². The van der Waals surface area contributed by atoms with E-state index in [4.69, 9.17) is 4.74 Å². The molecule has 2 aromatic rings. The van der Waals surface area contributed by atoms with E-state index in [-0.39, 0.29) is 10.6 Å². The number of carbonyl (C=O) groups excluding carboxylic acids is 1. The Morgan fingerprint density at radius 2 is 1.82 bits per heavy atom. The van der Waals surface area contributed by atoms with Crippen molar-refractivity contribution in [3.05, 3.63) is 42.0 Å². The van der Waals surface area contributed by atoms with Crippen molar-refractivity contribution in [3.63, 3.8) is 0 Å². The average molecular weight is 319 g/mol. The quantitative estimate of drug-likeness (QED) is 0.875. The summed E-state index contributed by atoms with van der Waals surface area (Å²) in [6.07, 6.45) is -0.670. The molecule has 1 heterocycles. The van der Waals surface area contributed by atoms with Gasteiger partial charge in [0.25, 0.3) is 0 Å². The molecule has 116 valence electrons. The van der Waals surface area contributed by atoms with E-state index in [0.717, 1.165) is 10.4 Å². The average Bonchev–Trinajstić information content (AvgIpc) is 2.81. The Hall–Kier alpha value is -2.34. The minimum atomic E-state index is -1.09. The SMILES string of the molecule is CC(C)(C)OC(=O)Nc1sc(-c2ccccc2)cc1C(=O)O.